The van der Waals surface area contributed by atoms with Gasteiger partial charge in [0.15, 0.2) is 0 Å². The highest BCUT2D eigenvalue weighted by molar-refractivity contribution is 6.42. The SMILES string of the molecule is Fc1ccc(OC(F)(F)F)cc1-c1ccc(Cl)c(Cl)c1. The third-order valence-electron chi connectivity index (χ3n) is 2.40. The van der Waals surface area contributed by atoms with Crippen molar-refractivity contribution in [3.63, 3.8) is 0 Å². The van der Waals surface area contributed by atoms with Crippen molar-refractivity contribution in [2.75, 3.05) is 0 Å². The maximum atomic E-state index is 13.7. The topological polar surface area (TPSA) is 9.23 Å². The van der Waals surface area contributed by atoms with Gasteiger partial charge in [-0.15, -0.1) is 13.2 Å². The summed E-state index contributed by atoms with van der Waals surface area (Å²) in [5.74, 6) is -1.21. The fourth-order valence-electron chi connectivity index (χ4n) is 1.59. The van der Waals surface area contributed by atoms with Crippen LogP contribution in [0.5, 0.6) is 5.75 Å². The Kier molecular flexibility index (Phi) is 4.11. The van der Waals surface area contributed by atoms with Crippen molar-refractivity contribution in [1.82, 2.24) is 0 Å². The summed E-state index contributed by atoms with van der Waals surface area (Å²) >= 11 is 11.5. The van der Waals surface area contributed by atoms with Gasteiger partial charge >= 0.3 is 6.36 Å². The zero-order valence-electron chi connectivity index (χ0n) is 9.64. The third-order valence-corrected chi connectivity index (χ3v) is 3.14. The van der Waals surface area contributed by atoms with Crippen molar-refractivity contribution in [1.29, 1.82) is 0 Å². The molecule has 0 spiro atoms. The van der Waals surface area contributed by atoms with Gasteiger partial charge in [0.1, 0.15) is 11.6 Å². The molecule has 0 saturated carbocycles. The van der Waals surface area contributed by atoms with Gasteiger partial charge in [0.2, 0.25) is 0 Å². The van der Waals surface area contributed by atoms with E-state index in [9.17, 15) is 17.6 Å². The van der Waals surface area contributed by atoms with Crippen LogP contribution < -0.4 is 4.74 Å². The molecular formula is C13H6Cl2F4O. The van der Waals surface area contributed by atoms with Gasteiger partial charge in [-0.05, 0) is 35.9 Å². The molecule has 0 heterocycles. The lowest BCUT2D eigenvalue weighted by Gasteiger charge is -2.11. The van der Waals surface area contributed by atoms with Crippen LogP contribution in [0.25, 0.3) is 11.1 Å². The van der Waals surface area contributed by atoms with Crippen LogP contribution in [-0.2, 0) is 0 Å². The summed E-state index contributed by atoms with van der Waals surface area (Å²) in [4.78, 5) is 0. The Morgan fingerprint density at radius 1 is 0.900 bits per heavy atom. The van der Waals surface area contributed by atoms with Crippen LogP contribution >= 0.6 is 23.2 Å². The van der Waals surface area contributed by atoms with Crippen molar-refractivity contribution in [2.24, 2.45) is 0 Å². The lowest BCUT2D eigenvalue weighted by Crippen LogP contribution is -2.17. The van der Waals surface area contributed by atoms with E-state index in [0.29, 0.717) is 5.56 Å². The first-order valence-corrected chi connectivity index (χ1v) is 6.02. The fraction of sp³-hybridized carbons (Fsp3) is 0.0769. The van der Waals surface area contributed by atoms with Gasteiger partial charge in [0, 0.05) is 5.56 Å². The van der Waals surface area contributed by atoms with Crippen LogP contribution in [0, 0.1) is 5.82 Å². The molecule has 0 radical (unpaired) electrons. The number of benzene rings is 2. The molecule has 2 aromatic rings. The van der Waals surface area contributed by atoms with Gasteiger partial charge in [0.05, 0.1) is 10.0 Å². The van der Waals surface area contributed by atoms with E-state index in [1.54, 1.807) is 0 Å². The van der Waals surface area contributed by atoms with Crippen molar-refractivity contribution in [2.45, 2.75) is 6.36 Å². The Balaban J connectivity index is 2.45. The summed E-state index contributed by atoms with van der Waals surface area (Å²) in [6.07, 6.45) is -4.84. The average Bonchev–Trinajstić information content (AvgIpc) is 2.33. The van der Waals surface area contributed by atoms with E-state index in [0.717, 1.165) is 18.2 Å². The van der Waals surface area contributed by atoms with Gasteiger partial charge < -0.3 is 4.74 Å². The smallest absolute Gasteiger partial charge is 0.406 e. The first-order valence-electron chi connectivity index (χ1n) is 5.27. The van der Waals surface area contributed by atoms with Crippen molar-refractivity contribution in [3.05, 3.63) is 52.3 Å². The van der Waals surface area contributed by atoms with Crippen LogP contribution in [0.15, 0.2) is 36.4 Å². The van der Waals surface area contributed by atoms with E-state index >= 15 is 0 Å². The minimum atomic E-state index is -4.84. The molecule has 1 nitrogen and oxygen atoms in total. The Hall–Kier alpha value is -1.46. The standard InChI is InChI=1S/C13H6Cl2F4O/c14-10-3-1-7(5-11(10)15)9-6-8(2-4-12(9)16)20-13(17,18)19/h1-6H. The van der Waals surface area contributed by atoms with Gasteiger partial charge in [0.25, 0.3) is 0 Å². The minimum absolute atomic E-state index is 0.0645. The molecule has 0 aromatic heterocycles. The quantitative estimate of drug-likeness (QED) is 0.644. The molecule has 0 fully saturated rings. The molecule has 0 aliphatic carbocycles. The van der Waals surface area contributed by atoms with E-state index in [-0.39, 0.29) is 15.6 Å². The van der Waals surface area contributed by atoms with Crippen molar-refractivity contribution >= 4 is 23.2 Å². The summed E-state index contributed by atoms with van der Waals surface area (Å²) in [7, 11) is 0. The highest BCUT2D eigenvalue weighted by atomic mass is 35.5. The molecule has 0 unspecified atom stereocenters. The number of ether oxygens (including phenoxy) is 1. The van der Waals surface area contributed by atoms with Gasteiger partial charge in [-0.1, -0.05) is 29.3 Å². The normalized spacial score (nSPS) is 11.5. The Labute approximate surface area is 121 Å². The van der Waals surface area contributed by atoms with Crippen LogP contribution in [0.3, 0.4) is 0 Å². The first-order chi connectivity index (χ1) is 9.26. The van der Waals surface area contributed by atoms with E-state index in [2.05, 4.69) is 4.74 Å². The lowest BCUT2D eigenvalue weighted by molar-refractivity contribution is -0.274. The molecule has 0 amide bonds. The predicted molar refractivity (Wildman–Crippen MR) is 68.5 cm³/mol. The minimum Gasteiger partial charge on any atom is -0.406 e. The monoisotopic (exact) mass is 324 g/mol. The molecule has 0 aliphatic rings. The molecule has 106 valence electrons. The number of halogens is 6. The van der Waals surface area contributed by atoms with E-state index in [4.69, 9.17) is 23.2 Å². The summed E-state index contributed by atoms with van der Waals surface area (Å²) < 4.78 is 53.9. The Bertz CT molecular complexity index is 641. The highest BCUT2D eigenvalue weighted by Gasteiger charge is 2.31. The second-order valence-electron chi connectivity index (χ2n) is 3.82. The van der Waals surface area contributed by atoms with E-state index in [1.807, 2.05) is 0 Å². The molecule has 0 saturated heterocycles. The second-order valence-corrected chi connectivity index (χ2v) is 4.63. The zero-order chi connectivity index (χ0) is 14.9. The van der Waals surface area contributed by atoms with Crippen LogP contribution in [0.2, 0.25) is 10.0 Å². The molecule has 0 N–H and O–H groups in total. The van der Waals surface area contributed by atoms with Gasteiger partial charge in [-0.2, -0.15) is 0 Å². The van der Waals surface area contributed by atoms with Crippen LogP contribution in [0.1, 0.15) is 0 Å². The van der Waals surface area contributed by atoms with E-state index in [1.165, 1.54) is 18.2 Å². The average molecular weight is 325 g/mol. The summed E-state index contributed by atoms with van der Waals surface area (Å²) in [5, 5.41) is 0.434. The molecule has 0 atom stereocenters. The lowest BCUT2D eigenvalue weighted by atomic mass is 10.0. The van der Waals surface area contributed by atoms with Crippen LogP contribution in [0.4, 0.5) is 17.6 Å². The number of alkyl halides is 3. The largest absolute Gasteiger partial charge is 0.573 e. The second kappa shape index (κ2) is 5.50. The Morgan fingerprint density at radius 2 is 1.60 bits per heavy atom. The van der Waals surface area contributed by atoms with Crippen LogP contribution in [-0.4, -0.2) is 6.36 Å². The molecule has 2 aromatic carbocycles. The number of hydrogen-bond acceptors (Lipinski definition) is 1. The highest BCUT2D eigenvalue weighted by Crippen LogP contribution is 2.33. The molecule has 2 rings (SSSR count). The number of rotatable bonds is 2. The van der Waals surface area contributed by atoms with Gasteiger partial charge in [-0.25, -0.2) is 4.39 Å². The Morgan fingerprint density at radius 3 is 2.20 bits per heavy atom. The number of hydrogen-bond donors (Lipinski definition) is 0. The molecule has 0 aliphatic heterocycles. The maximum absolute atomic E-state index is 13.7. The molecular weight excluding hydrogens is 319 g/mol. The fourth-order valence-corrected chi connectivity index (χ4v) is 1.88. The predicted octanol–water partition coefficient (Wildman–Crippen LogP) is 5.70. The zero-order valence-corrected chi connectivity index (χ0v) is 11.2. The molecule has 0 bridgehead atoms. The summed E-state index contributed by atoms with van der Waals surface area (Å²) in [5.41, 5.74) is 0.231. The van der Waals surface area contributed by atoms with Gasteiger partial charge in [-0.3, -0.25) is 0 Å². The summed E-state index contributed by atoms with van der Waals surface area (Å²) in [6, 6.07) is 6.96. The molecule has 7 heteroatoms. The maximum Gasteiger partial charge on any atom is 0.573 e. The first kappa shape index (κ1) is 14.9. The van der Waals surface area contributed by atoms with Crippen molar-refractivity contribution < 1.29 is 22.3 Å². The molecule has 20 heavy (non-hydrogen) atoms. The third kappa shape index (κ3) is 3.55. The van der Waals surface area contributed by atoms with E-state index < -0.39 is 17.9 Å². The van der Waals surface area contributed by atoms with Crippen molar-refractivity contribution in [3.8, 4) is 16.9 Å². The summed E-state index contributed by atoms with van der Waals surface area (Å²) in [6.45, 7) is 0.